The van der Waals surface area contributed by atoms with Gasteiger partial charge in [-0.2, -0.15) is 0 Å². The average Bonchev–Trinajstić information content (AvgIpc) is 2.65. The van der Waals surface area contributed by atoms with Gasteiger partial charge in [-0.1, -0.05) is 52.0 Å². The van der Waals surface area contributed by atoms with E-state index in [2.05, 4.69) is 56.9 Å². The third kappa shape index (κ3) is 3.37. The second-order valence-corrected chi connectivity index (χ2v) is 6.74. The van der Waals surface area contributed by atoms with Gasteiger partial charge in [-0.25, -0.2) is 0 Å². The van der Waals surface area contributed by atoms with Gasteiger partial charge in [0.1, 0.15) is 0 Å². The number of fused-ring (bicyclic) bond motifs is 1. The van der Waals surface area contributed by atoms with Crippen LogP contribution in [0.3, 0.4) is 0 Å². The first-order chi connectivity index (χ1) is 8.99. The van der Waals surface area contributed by atoms with Gasteiger partial charge in [-0.15, -0.1) is 0 Å². The fourth-order valence-corrected chi connectivity index (χ4v) is 3.24. The summed E-state index contributed by atoms with van der Waals surface area (Å²) in [4.78, 5) is 2.61. The molecule has 0 amide bonds. The number of nitrogens with two attached hydrogens (primary N) is 1. The zero-order valence-electron chi connectivity index (χ0n) is 12.8. The summed E-state index contributed by atoms with van der Waals surface area (Å²) >= 11 is 0. The summed E-state index contributed by atoms with van der Waals surface area (Å²) in [5.74, 6) is 1.38. The Kier molecular flexibility index (Phi) is 4.64. The second-order valence-electron chi connectivity index (χ2n) is 6.74. The predicted molar refractivity (Wildman–Crippen MR) is 82.1 cm³/mol. The number of nitrogens with zero attached hydrogens (tertiary/aromatic N) is 1. The number of benzene rings is 1. The van der Waals surface area contributed by atoms with Gasteiger partial charge in [0, 0.05) is 25.2 Å². The van der Waals surface area contributed by atoms with Crippen LogP contribution in [0.5, 0.6) is 0 Å². The van der Waals surface area contributed by atoms with E-state index in [1.165, 1.54) is 11.1 Å². The Morgan fingerprint density at radius 2 is 1.68 bits per heavy atom. The lowest BCUT2D eigenvalue weighted by Gasteiger charge is -2.34. The lowest BCUT2D eigenvalue weighted by Crippen LogP contribution is -2.44. The van der Waals surface area contributed by atoms with E-state index in [1.807, 2.05) is 0 Å². The number of hydrogen-bond donors (Lipinski definition) is 1. The van der Waals surface area contributed by atoms with Crippen molar-refractivity contribution in [3.8, 4) is 0 Å². The van der Waals surface area contributed by atoms with Gasteiger partial charge in [0.2, 0.25) is 0 Å². The molecule has 1 aromatic carbocycles. The fraction of sp³-hybridized carbons (Fsp3) is 0.647. The molecule has 2 heteroatoms. The molecule has 106 valence electrons. The maximum Gasteiger partial charge on any atom is 0.0459 e. The molecule has 19 heavy (non-hydrogen) atoms. The molecule has 0 heterocycles. The smallest absolute Gasteiger partial charge is 0.0459 e. The molecule has 0 saturated carbocycles. The first-order valence-corrected chi connectivity index (χ1v) is 7.56. The fourth-order valence-electron chi connectivity index (χ4n) is 3.24. The van der Waals surface area contributed by atoms with Crippen molar-refractivity contribution in [2.75, 3.05) is 13.1 Å². The number of rotatable bonds is 5. The maximum atomic E-state index is 6.50. The normalized spacial score (nSPS) is 22.5. The van der Waals surface area contributed by atoms with E-state index in [-0.39, 0.29) is 6.04 Å². The molecule has 1 aromatic rings. The third-order valence-corrected chi connectivity index (χ3v) is 3.93. The van der Waals surface area contributed by atoms with Crippen LogP contribution < -0.4 is 5.73 Å². The van der Waals surface area contributed by atoms with Crippen molar-refractivity contribution in [2.45, 2.75) is 46.2 Å². The summed E-state index contributed by atoms with van der Waals surface area (Å²) in [6, 6.07) is 9.32. The Balaban J connectivity index is 2.15. The molecule has 0 fully saturated rings. The van der Waals surface area contributed by atoms with Crippen LogP contribution in [-0.2, 0) is 6.42 Å². The van der Waals surface area contributed by atoms with Gasteiger partial charge in [-0.3, -0.25) is 4.90 Å². The molecule has 0 spiro atoms. The average molecular weight is 260 g/mol. The molecular formula is C17H28N2. The largest absolute Gasteiger partial charge is 0.323 e. The molecule has 2 atom stereocenters. The van der Waals surface area contributed by atoms with E-state index in [9.17, 15) is 0 Å². The van der Waals surface area contributed by atoms with Gasteiger partial charge >= 0.3 is 0 Å². The molecule has 2 N–H and O–H groups in total. The highest BCUT2D eigenvalue weighted by Crippen LogP contribution is 2.33. The first-order valence-electron chi connectivity index (χ1n) is 7.56. The quantitative estimate of drug-likeness (QED) is 0.880. The minimum atomic E-state index is 0.175. The van der Waals surface area contributed by atoms with Gasteiger partial charge in [0.25, 0.3) is 0 Å². The molecule has 1 aliphatic carbocycles. The lowest BCUT2D eigenvalue weighted by atomic mass is 10.0. The van der Waals surface area contributed by atoms with Crippen molar-refractivity contribution < 1.29 is 0 Å². The summed E-state index contributed by atoms with van der Waals surface area (Å²) in [6.07, 6.45) is 1.11. The van der Waals surface area contributed by atoms with E-state index in [1.54, 1.807) is 0 Å². The van der Waals surface area contributed by atoms with Gasteiger partial charge in [-0.05, 0) is 29.4 Å². The van der Waals surface area contributed by atoms with Gasteiger partial charge < -0.3 is 5.73 Å². The minimum absolute atomic E-state index is 0.175. The van der Waals surface area contributed by atoms with E-state index < -0.39 is 0 Å². The molecule has 0 bridgehead atoms. The second kappa shape index (κ2) is 6.06. The topological polar surface area (TPSA) is 29.3 Å². The Hall–Kier alpha value is -0.860. The van der Waals surface area contributed by atoms with E-state index in [0.717, 1.165) is 19.5 Å². The predicted octanol–water partition coefficient (Wildman–Crippen LogP) is 3.23. The van der Waals surface area contributed by atoms with Crippen molar-refractivity contribution in [1.29, 1.82) is 0 Å². The third-order valence-electron chi connectivity index (χ3n) is 3.93. The Bertz CT molecular complexity index is 401. The van der Waals surface area contributed by atoms with Crippen LogP contribution in [0.25, 0.3) is 0 Å². The van der Waals surface area contributed by atoms with Crippen molar-refractivity contribution in [3.05, 3.63) is 35.4 Å². The molecule has 0 saturated heterocycles. The molecule has 0 radical (unpaired) electrons. The molecule has 1 aliphatic rings. The first kappa shape index (κ1) is 14.5. The van der Waals surface area contributed by atoms with E-state index in [4.69, 9.17) is 5.73 Å². The van der Waals surface area contributed by atoms with Crippen LogP contribution in [0, 0.1) is 11.8 Å². The molecule has 2 nitrogen and oxygen atoms in total. The Morgan fingerprint density at radius 3 is 2.21 bits per heavy atom. The van der Waals surface area contributed by atoms with Crippen LogP contribution in [0.15, 0.2) is 24.3 Å². The Labute approximate surface area is 118 Å². The summed E-state index contributed by atoms with van der Waals surface area (Å²) in [5.41, 5.74) is 9.30. The van der Waals surface area contributed by atoms with Crippen molar-refractivity contribution in [1.82, 2.24) is 4.90 Å². The highest BCUT2D eigenvalue weighted by molar-refractivity contribution is 5.36. The molecule has 2 unspecified atom stereocenters. The molecule has 0 aliphatic heterocycles. The lowest BCUT2D eigenvalue weighted by molar-refractivity contribution is 0.143. The zero-order chi connectivity index (χ0) is 14.0. The monoisotopic (exact) mass is 260 g/mol. The van der Waals surface area contributed by atoms with Gasteiger partial charge in [0.05, 0.1) is 0 Å². The van der Waals surface area contributed by atoms with Crippen LogP contribution in [0.4, 0.5) is 0 Å². The highest BCUT2D eigenvalue weighted by atomic mass is 15.2. The number of hydrogen-bond acceptors (Lipinski definition) is 2. The standard InChI is InChI=1S/C17H28N2/c1-12(2)10-19(11-13(3)4)16-9-14-7-5-6-8-15(14)17(16)18/h5-8,12-13,16-17H,9-11,18H2,1-4H3. The van der Waals surface area contributed by atoms with Crippen molar-refractivity contribution in [2.24, 2.45) is 17.6 Å². The van der Waals surface area contributed by atoms with Crippen LogP contribution in [0.1, 0.15) is 44.9 Å². The maximum absolute atomic E-state index is 6.50. The molecule has 0 aromatic heterocycles. The SMILES string of the molecule is CC(C)CN(CC(C)C)C1Cc2ccccc2C1N. The summed E-state index contributed by atoms with van der Waals surface area (Å²) in [5, 5.41) is 0. The zero-order valence-corrected chi connectivity index (χ0v) is 12.8. The summed E-state index contributed by atoms with van der Waals surface area (Å²) in [6.45, 7) is 11.5. The molecular weight excluding hydrogens is 232 g/mol. The van der Waals surface area contributed by atoms with E-state index in [0.29, 0.717) is 17.9 Å². The molecule has 2 rings (SSSR count). The van der Waals surface area contributed by atoms with Crippen LogP contribution in [0.2, 0.25) is 0 Å². The van der Waals surface area contributed by atoms with Crippen LogP contribution in [-0.4, -0.2) is 24.0 Å². The van der Waals surface area contributed by atoms with E-state index >= 15 is 0 Å². The Morgan fingerprint density at radius 1 is 1.11 bits per heavy atom. The van der Waals surface area contributed by atoms with Gasteiger partial charge in [0.15, 0.2) is 0 Å². The van der Waals surface area contributed by atoms with Crippen LogP contribution >= 0.6 is 0 Å². The van der Waals surface area contributed by atoms with Crippen molar-refractivity contribution in [3.63, 3.8) is 0 Å². The van der Waals surface area contributed by atoms with Crippen molar-refractivity contribution >= 4 is 0 Å². The minimum Gasteiger partial charge on any atom is -0.323 e. The summed E-state index contributed by atoms with van der Waals surface area (Å²) in [7, 11) is 0. The summed E-state index contributed by atoms with van der Waals surface area (Å²) < 4.78 is 0. The highest BCUT2D eigenvalue weighted by Gasteiger charge is 2.33.